The zero-order valence-corrected chi connectivity index (χ0v) is 11.5. The molecule has 1 atom stereocenters. The van der Waals surface area contributed by atoms with Gasteiger partial charge in [-0.15, -0.1) is 0 Å². The topological polar surface area (TPSA) is 35.2 Å². The number of hydrogen-bond acceptors (Lipinski definition) is 2. The third-order valence-corrected chi connectivity index (χ3v) is 4.21. The zero-order chi connectivity index (χ0) is 12.5. The molecular formula is C13H17BrFNO. The lowest BCUT2D eigenvalue weighted by atomic mass is 9.87. The molecule has 0 aliphatic heterocycles. The fourth-order valence-electron chi connectivity index (χ4n) is 2.65. The smallest absolute Gasteiger partial charge is 0.128 e. The Morgan fingerprint density at radius 1 is 1.41 bits per heavy atom. The Hall–Kier alpha value is -0.450. The number of ether oxygens (including phenoxy) is 1. The zero-order valence-electron chi connectivity index (χ0n) is 9.88. The van der Waals surface area contributed by atoms with E-state index in [0.29, 0.717) is 5.56 Å². The minimum atomic E-state index is -0.410. The van der Waals surface area contributed by atoms with Gasteiger partial charge in [-0.1, -0.05) is 28.8 Å². The average molecular weight is 302 g/mol. The number of nitrogens with two attached hydrogens (primary N) is 1. The Kier molecular flexibility index (Phi) is 3.85. The van der Waals surface area contributed by atoms with Crippen LogP contribution in [0.1, 0.15) is 37.3 Å². The second-order valence-corrected chi connectivity index (χ2v) is 5.54. The van der Waals surface area contributed by atoms with E-state index >= 15 is 0 Å². The van der Waals surface area contributed by atoms with Crippen molar-refractivity contribution in [1.82, 2.24) is 0 Å². The number of hydrogen-bond donors (Lipinski definition) is 1. The summed E-state index contributed by atoms with van der Waals surface area (Å²) in [5.41, 5.74) is 6.36. The number of methoxy groups -OCH3 is 1. The monoisotopic (exact) mass is 301 g/mol. The van der Waals surface area contributed by atoms with Crippen molar-refractivity contribution in [2.45, 2.75) is 37.3 Å². The fraction of sp³-hybridized carbons (Fsp3) is 0.538. The summed E-state index contributed by atoms with van der Waals surface area (Å²) in [4.78, 5) is 0. The summed E-state index contributed by atoms with van der Waals surface area (Å²) >= 11 is 3.35. The second-order valence-electron chi connectivity index (χ2n) is 4.62. The first-order valence-corrected chi connectivity index (χ1v) is 6.64. The van der Waals surface area contributed by atoms with Crippen LogP contribution in [0, 0.1) is 5.82 Å². The summed E-state index contributed by atoms with van der Waals surface area (Å²) in [6.45, 7) is 0. The van der Waals surface area contributed by atoms with E-state index in [2.05, 4.69) is 15.9 Å². The molecule has 2 rings (SSSR count). The Morgan fingerprint density at radius 3 is 2.65 bits per heavy atom. The van der Waals surface area contributed by atoms with Gasteiger partial charge in [0.25, 0.3) is 0 Å². The van der Waals surface area contributed by atoms with Crippen molar-refractivity contribution in [3.05, 3.63) is 34.1 Å². The highest BCUT2D eigenvalue weighted by atomic mass is 79.9. The quantitative estimate of drug-likeness (QED) is 0.927. The predicted molar refractivity (Wildman–Crippen MR) is 69.2 cm³/mol. The summed E-state index contributed by atoms with van der Waals surface area (Å²) in [5.74, 6) is -0.260. The first-order valence-electron chi connectivity index (χ1n) is 5.85. The van der Waals surface area contributed by atoms with Gasteiger partial charge in [-0.2, -0.15) is 0 Å². The van der Waals surface area contributed by atoms with Crippen molar-refractivity contribution in [1.29, 1.82) is 0 Å². The Balaban J connectivity index is 2.35. The molecule has 0 aromatic heterocycles. The summed E-state index contributed by atoms with van der Waals surface area (Å²) in [7, 11) is 1.67. The summed E-state index contributed by atoms with van der Waals surface area (Å²) in [5, 5.41) is 0. The SMILES string of the molecule is COC1(C(N)c2cc(Br)ccc2F)CCCC1. The van der Waals surface area contributed by atoms with Gasteiger partial charge in [0.15, 0.2) is 0 Å². The molecule has 0 spiro atoms. The first-order chi connectivity index (χ1) is 8.09. The van der Waals surface area contributed by atoms with E-state index in [-0.39, 0.29) is 5.82 Å². The molecule has 0 saturated heterocycles. The Morgan fingerprint density at radius 2 is 2.06 bits per heavy atom. The van der Waals surface area contributed by atoms with Crippen LogP contribution in [-0.4, -0.2) is 12.7 Å². The standard InChI is InChI=1S/C13H17BrFNO/c1-17-13(6-2-3-7-13)12(16)10-8-9(14)4-5-11(10)15/h4-5,8,12H,2-3,6-7,16H2,1H3. The van der Waals surface area contributed by atoms with Crippen LogP contribution < -0.4 is 5.73 Å². The lowest BCUT2D eigenvalue weighted by Crippen LogP contribution is -2.41. The molecule has 1 saturated carbocycles. The van der Waals surface area contributed by atoms with Gasteiger partial charge in [-0.25, -0.2) is 4.39 Å². The van der Waals surface area contributed by atoms with Gasteiger partial charge in [0, 0.05) is 17.1 Å². The lowest BCUT2D eigenvalue weighted by molar-refractivity contribution is -0.0272. The van der Waals surface area contributed by atoms with Gasteiger partial charge in [0.05, 0.1) is 11.6 Å². The summed E-state index contributed by atoms with van der Waals surface area (Å²) in [6.07, 6.45) is 3.99. The van der Waals surface area contributed by atoms with Gasteiger partial charge in [0.1, 0.15) is 5.82 Å². The number of benzene rings is 1. The highest BCUT2D eigenvalue weighted by Gasteiger charge is 2.41. The maximum absolute atomic E-state index is 13.8. The minimum absolute atomic E-state index is 0.260. The Labute approximate surface area is 109 Å². The Bertz CT molecular complexity index is 404. The average Bonchev–Trinajstić information content (AvgIpc) is 2.81. The van der Waals surface area contributed by atoms with Gasteiger partial charge in [0.2, 0.25) is 0 Å². The molecule has 1 aliphatic carbocycles. The summed E-state index contributed by atoms with van der Waals surface area (Å²) < 4.78 is 20.3. The van der Waals surface area contributed by atoms with E-state index in [1.165, 1.54) is 6.07 Å². The van der Waals surface area contributed by atoms with Crippen LogP contribution in [0.25, 0.3) is 0 Å². The maximum Gasteiger partial charge on any atom is 0.128 e. The number of rotatable bonds is 3. The summed E-state index contributed by atoms with van der Waals surface area (Å²) in [6, 6.07) is 4.46. The minimum Gasteiger partial charge on any atom is -0.376 e. The van der Waals surface area contributed by atoms with Gasteiger partial charge in [-0.05, 0) is 31.0 Å². The molecule has 0 bridgehead atoms. The van der Waals surface area contributed by atoms with Crippen LogP contribution in [0.15, 0.2) is 22.7 Å². The highest BCUT2D eigenvalue weighted by Crippen LogP contribution is 2.42. The molecule has 17 heavy (non-hydrogen) atoms. The molecule has 1 aromatic carbocycles. The van der Waals surface area contributed by atoms with Gasteiger partial charge in [-0.3, -0.25) is 0 Å². The van der Waals surface area contributed by atoms with Crippen molar-refractivity contribution in [3.63, 3.8) is 0 Å². The fourth-order valence-corrected chi connectivity index (χ4v) is 3.03. The largest absolute Gasteiger partial charge is 0.376 e. The highest BCUT2D eigenvalue weighted by molar-refractivity contribution is 9.10. The molecule has 1 aromatic rings. The van der Waals surface area contributed by atoms with Crippen molar-refractivity contribution in [2.75, 3.05) is 7.11 Å². The molecule has 2 N–H and O–H groups in total. The molecule has 0 radical (unpaired) electrons. The number of halogens is 2. The molecule has 1 aliphatic rings. The van der Waals surface area contributed by atoms with Crippen LogP contribution in [-0.2, 0) is 4.74 Å². The van der Waals surface area contributed by atoms with Crippen LogP contribution in [0.2, 0.25) is 0 Å². The van der Waals surface area contributed by atoms with Crippen LogP contribution >= 0.6 is 15.9 Å². The molecule has 0 amide bonds. The molecule has 1 fully saturated rings. The molecular weight excluding hydrogens is 285 g/mol. The second kappa shape index (κ2) is 5.04. The van der Waals surface area contributed by atoms with Crippen LogP contribution in [0.5, 0.6) is 0 Å². The molecule has 0 heterocycles. The van der Waals surface area contributed by atoms with E-state index in [4.69, 9.17) is 10.5 Å². The van der Waals surface area contributed by atoms with Crippen molar-refractivity contribution in [2.24, 2.45) is 5.73 Å². The molecule has 2 nitrogen and oxygen atoms in total. The van der Waals surface area contributed by atoms with Crippen molar-refractivity contribution < 1.29 is 9.13 Å². The maximum atomic E-state index is 13.8. The molecule has 4 heteroatoms. The normalized spacial score (nSPS) is 20.5. The van der Waals surface area contributed by atoms with E-state index in [1.807, 2.05) is 0 Å². The van der Waals surface area contributed by atoms with E-state index in [9.17, 15) is 4.39 Å². The molecule has 1 unspecified atom stereocenters. The van der Waals surface area contributed by atoms with Gasteiger partial charge >= 0.3 is 0 Å². The van der Waals surface area contributed by atoms with Gasteiger partial charge < -0.3 is 10.5 Å². The van der Waals surface area contributed by atoms with Crippen LogP contribution in [0.4, 0.5) is 4.39 Å². The first kappa shape index (κ1) is 13.0. The van der Waals surface area contributed by atoms with Crippen molar-refractivity contribution >= 4 is 15.9 Å². The molecule has 94 valence electrons. The van der Waals surface area contributed by atoms with E-state index < -0.39 is 11.6 Å². The van der Waals surface area contributed by atoms with Crippen molar-refractivity contribution in [3.8, 4) is 0 Å². The van der Waals surface area contributed by atoms with E-state index in [1.54, 1.807) is 19.2 Å². The third-order valence-electron chi connectivity index (χ3n) is 3.72. The van der Waals surface area contributed by atoms with E-state index in [0.717, 1.165) is 30.2 Å². The lowest BCUT2D eigenvalue weighted by Gasteiger charge is -2.34. The third kappa shape index (κ3) is 2.39. The predicted octanol–water partition coefficient (Wildman–Crippen LogP) is 3.55. The van der Waals surface area contributed by atoms with Crippen LogP contribution in [0.3, 0.4) is 0 Å².